The van der Waals surface area contributed by atoms with Gasteiger partial charge >= 0.3 is 6.03 Å². The van der Waals surface area contributed by atoms with E-state index in [1.807, 2.05) is 47.4 Å². The summed E-state index contributed by atoms with van der Waals surface area (Å²) in [5.74, 6) is 0.0738. The number of hydrogen-bond donors (Lipinski definition) is 1. The number of fused-ring (bicyclic) bond motifs is 1. The molecule has 2 fully saturated rings. The van der Waals surface area contributed by atoms with Gasteiger partial charge in [-0.15, -0.1) is 0 Å². The quantitative estimate of drug-likeness (QED) is 0.887. The maximum absolute atomic E-state index is 13.0. The smallest absolute Gasteiger partial charge is 0.317 e. The van der Waals surface area contributed by atoms with Crippen LogP contribution in [0.3, 0.4) is 0 Å². The van der Waals surface area contributed by atoms with Crippen LogP contribution in [0.5, 0.6) is 0 Å². The summed E-state index contributed by atoms with van der Waals surface area (Å²) < 4.78 is 5.29. The predicted molar refractivity (Wildman–Crippen MR) is 104 cm³/mol. The molecule has 0 aromatic heterocycles. The molecule has 142 valence electrons. The molecule has 2 heterocycles. The Balaban J connectivity index is 1.36. The molecule has 3 amide bonds. The van der Waals surface area contributed by atoms with E-state index in [9.17, 15) is 9.59 Å². The van der Waals surface area contributed by atoms with Gasteiger partial charge < -0.3 is 19.9 Å². The van der Waals surface area contributed by atoms with Crippen LogP contribution < -0.4 is 5.32 Å². The maximum atomic E-state index is 13.0. The summed E-state index contributed by atoms with van der Waals surface area (Å²) in [6.07, 6.45) is 1.57. The molecule has 0 atom stereocenters. The topological polar surface area (TPSA) is 61.9 Å². The summed E-state index contributed by atoms with van der Waals surface area (Å²) >= 11 is 0. The molecular formula is C21H25N3O3. The molecule has 2 aromatic carbocycles. The third-order valence-corrected chi connectivity index (χ3v) is 5.43. The first kappa shape index (κ1) is 17.8. The van der Waals surface area contributed by atoms with Crippen LogP contribution in [0.2, 0.25) is 0 Å². The lowest BCUT2D eigenvalue weighted by atomic mass is 10.0. The first-order valence-corrected chi connectivity index (χ1v) is 9.62. The molecule has 0 spiro atoms. The molecule has 0 saturated carbocycles. The van der Waals surface area contributed by atoms with E-state index in [0.717, 1.165) is 29.2 Å². The molecule has 6 nitrogen and oxygen atoms in total. The number of nitrogens with one attached hydrogen (secondary N) is 1. The molecule has 2 aliphatic rings. The number of morpholine rings is 1. The minimum Gasteiger partial charge on any atom is -0.378 e. The lowest BCUT2D eigenvalue weighted by Crippen LogP contribution is -2.52. The minimum absolute atomic E-state index is 0.0165. The number of carbonyl (C=O) groups excluding carboxylic acids is 2. The number of urea groups is 1. The Morgan fingerprint density at radius 1 is 0.889 bits per heavy atom. The van der Waals surface area contributed by atoms with Crippen molar-refractivity contribution in [2.45, 2.75) is 18.9 Å². The summed E-state index contributed by atoms with van der Waals surface area (Å²) in [6, 6.07) is 13.9. The molecule has 0 radical (unpaired) electrons. The molecule has 0 unspecified atom stereocenters. The van der Waals surface area contributed by atoms with Crippen molar-refractivity contribution in [3.05, 3.63) is 48.0 Å². The van der Waals surface area contributed by atoms with Crippen molar-refractivity contribution in [3.8, 4) is 0 Å². The predicted octanol–water partition coefficient (Wildman–Crippen LogP) is 2.49. The Hall–Kier alpha value is -2.60. The van der Waals surface area contributed by atoms with Gasteiger partial charge in [-0.2, -0.15) is 0 Å². The van der Waals surface area contributed by atoms with Crippen molar-refractivity contribution in [2.24, 2.45) is 0 Å². The molecule has 2 aliphatic heterocycles. The van der Waals surface area contributed by atoms with Gasteiger partial charge in [0.1, 0.15) is 0 Å². The van der Waals surface area contributed by atoms with Crippen LogP contribution in [0.4, 0.5) is 4.79 Å². The number of rotatable bonds is 2. The molecular weight excluding hydrogens is 342 g/mol. The number of amides is 3. The summed E-state index contributed by atoms with van der Waals surface area (Å²) in [4.78, 5) is 29.0. The summed E-state index contributed by atoms with van der Waals surface area (Å²) in [6.45, 7) is 3.82. The van der Waals surface area contributed by atoms with E-state index in [4.69, 9.17) is 4.74 Å². The Morgan fingerprint density at radius 2 is 1.59 bits per heavy atom. The van der Waals surface area contributed by atoms with Crippen LogP contribution in [0.1, 0.15) is 23.2 Å². The molecule has 6 heteroatoms. The second kappa shape index (κ2) is 7.96. The fourth-order valence-corrected chi connectivity index (χ4v) is 3.84. The van der Waals surface area contributed by atoms with E-state index in [2.05, 4.69) is 5.32 Å². The fraction of sp³-hybridized carbons (Fsp3) is 0.429. The second-order valence-electron chi connectivity index (χ2n) is 7.14. The lowest BCUT2D eigenvalue weighted by molar-refractivity contribution is 0.0512. The standard InChI is InChI=1S/C21H25N3O3/c25-20(19-7-3-5-16-4-1-2-6-18(16)19)23-10-8-17(9-11-23)22-21(26)24-12-14-27-15-13-24/h1-7,17H,8-15H2,(H,22,26). The van der Waals surface area contributed by atoms with E-state index in [0.29, 0.717) is 39.4 Å². The Morgan fingerprint density at radius 3 is 2.37 bits per heavy atom. The Labute approximate surface area is 159 Å². The van der Waals surface area contributed by atoms with Crippen molar-refractivity contribution in [2.75, 3.05) is 39.4 Å². The highest BCUT2D eigenvalue weighted by Crippen LogP contribution is 2.22. The molecule has 1 N–H and O–H groups in total. The third kappa shape index (κ3) is 3.90. The SMILES string of the molecule is O=C(NC1CCN(C(=O)c2cccc3ccccc23)CC1)N1CCOCC1. The average molecular weight is 367 g/mol. The average Bonchev–Trinajstić information content (AvgIpc) is 2.74. The minimum atomic E-state index is -0.0165. The second-order valence-corrected chi connectivity index (χ2v) is 7.14. The number of likely N-dealkylation sites (tertiary alicyclic amines) is 1. The number of carbonyl (C=O) groups is 2. The lowest BCUT2D eigenvalue weighted by Gasteiger charge is -2.34. The van der Waals surface area contributed by atoms with Crippen molar-refractivity contribution in [3.63, 3.8) is 0 Å². The number of piperidine rings is 1. The highest BCUT2D eigenvalue weighted by atomic mass is 16.5. The largest absolute Gasteiger partial charge is 0.378 e. The van der Waals surface area contributed by atoms with Crippen molar-refractivity contribution >= 4 is 22.7 Å². The highest BCUT2D eigenvalue weighted by Gasteiger charge is 2.27. The monoisotopic (exact) mass is 367 g/mol. The number of nitrogens with zero attached hydrogens (tertiary/aromatic N) is 2. The summed E-state index contributed by atoms with van der Waals surface area (Å²) in [5, 5.41) is 5.18. The van der Waals surface area contributed by atoms with E-state index < -0.39 is 0 Å². The van der Waals surface area contributed by atoms with Crippen molar-refractivity contribution in [1.29, 1.82) is 0 Å². The van der Waals surface area contributed by atoms with Gasteiger partial charge in [-0.25, -0.2) is 4.79 Å². The molecule has 2 saturated heterocycles. The van der Waals surface area contributed by atoms with Crippen LogP contribution in [0, 0.1) is 0 Å². The van der Waals surface area contributed by atoms with Gasteiger partial charge in [-0.3, -0.25) is 4.79 Å². The van der Waals surface area contributed by atoms with Gasteiger partial charge in [0.25, 0.3) is 5.91 Å². The molecule has 2 aromatic rings. The third-order valence-electron chi connectivity index (χ3n) is 5.43. The highest BCUT2D eigenvalue weighted by molar-refractivity contribution is 6.07. The molecule has 0 aliphatic carbocycles. The number of hydrogen-bond acceptors (Lipinski definition) is 3. The van der Waals surface area contributed by atoms with E-state index in [-0.39, 0.29) is 18.0 Å². The van der Waals surface area contributed by atoms with Gasteiger partial charge in [-0.05, 0) is 29.7 Å². The number of ether oxygens (including phenoxy) is 1. The maximum Gasteiger partial charge on any atom is 0.317 e. The van der Waals surface area contributed by atoms with Crippen molar-refractivity contribution < 1.29 is 14.3 Å². The summed E-state index contributed by atoms with van der Waals surface area (Å²) in [7, 11) is 0. The van der Waals surface area contributed by atoms with E-state index >= 15 is 0 Å². The molecule has 0 bridgehead atoms. The normalized spacial score (nSPS) is 18.5. The van der Waals surface area contributed by atoms with Gasteiger partial charge in [0.15, 0.2) is 0 Å². The van der Waals surface area contributed by atoms with Gasteiger partial charge in [-0.1, -0.05) is 36.4 Å². The van der Waals surface area contributed by atoms with Crippen LogP contribution in [0.25, 0.3) is 10.8 Å². The van der Waals surface area contributed by atoms with Crippen molar-refractivity contribution in [1.82, 2.24) is 15.1 Å². The zero-order valence-corrected chi connectivity index (χ0v) is 15.4. The van der Waals surface area contributed by atoms with Gasteiger partial charge in [0, 0.05) is 37.8 Å². The number of benzene rings is 2. The zero-order valence-electron chi connectivity index (χ0n) is 15.4. The Kier molecular flexibility index (Phi) is 5.25. The zero-order chi connectivity index (χ0) is 18.6. The summed E-state index contributed by atoms with van der Waals surface area (Å²) in [5.41, 5.74) is 0.754. The first-order chi connectivity index (χ1) is 13.2. The molecule has 27 heavy (non-hydrogen) atoms. The van der Waals surface area contributed by atoms with E-state index in [1.165, 1.54) is 0 Å². The van der Waals surface area contributed by atoms with Crippen LogP contribution in [0.15, 0.2) is 42.5 Å². The van der Waals surface area contributed by atoms with Crippen LogP contribution >= 0.6 is 0 Å². The van der Waals surface area contributed by atoms with Gasteiger partial charge in [0.2, 0.25) is 0 Å². The Bertz CT molecular complexity index is 819. The van der Waals surface area contributed by atoms with Crippen LogP contribution in [-0.2, 0) is 4.74 Å². The molecule has 4 rings (SSSR count). The van der Waals surface area contributed by atoms with Gasteiger partial charge in [0.05, 0.1) is 13.2 Å². The fourth-order valence-electron chi connectivity index (χ4n) is 3.84. The van der Waals surface area contributed by atoms with Crippen LogP contribution in [-0.4, -0.2) is 67.2 Å². The first-order valence-electron chi connectivity index (χ1n) is 9.62. The van der Waals surface area contributed by atoms with E-state index in [1.54, 1.807) is 4.90 Å².